The van der Waals surface area contributed by atoms with Crippen LogP contribution in [0.25, 0.3) is 0 Å². The van der Waals surface area contributed by atoms with Crippen LogP contribution < -0.4 is 10.1 Å². The van der Waals surface area contributed by atoms with Crippen LogP contribution in [0.15, 0.2) is 53.4 Å². The number of sulfonamides is 1. The third kappa shape index (κ3) is 6.00. The summed E-state index contributed by atoms with van der Waals surface area (Å²) in [4.78, 5) is 36.5. The highest BCUT2D eigenvalue weighted by atomic mass is 32.2. The Labute approximate surface area is 199 Å². The summed E-state index contributed by atoms with van der Waals surface area (Å²) in [6.45, 7) is 3.20. The molecule has 1 amide bonds. The summed E-state index contributed by atoms with van der Waals surface area (Å²) in [5, 5.41) is 2.68. The SMILES string of the molecule is COc1cccc(NC(=O)C(C)OC(=O)C2CCN(S(=O)(=O)c3ccc(C(C)=O)cc3)CC2)c1. The van der Waals surface area contributed by atoms with Crippen LogP contribution >= 0.6 is 0 Å². The number of rotatable bonds is 8. The topological polar surface area (TPSA) is 119 Å². The number of hydrogen-bond acceptors (Lipinski definition) is 7. The molecular weight excluding hydrogens is 460 g/mol. The van der Waals surface area contributed by atoms with E-state index in [1.807, 2.05) is 0 Å². The van der Waals surface area contributed by atoms with Crippen LogP contribution in [0.5, 0.6) is 5.75 Å². The van der Waals surface area contributed by atoms with Crippen molar-refractivity contribution < 1.29 is 32.3 Å². The predicted molar refractivity (Wildman–Crippen MR) is 125 cm³/mol. The number of benzene rings is 2. The van der Waals surface area contributed by atoms with Crippen molar-refractivity contribution in [2.45, 2.75) is 37.7 Å². The number of hydrogen-bond donors (Lipinski definition) is 1. The molecule has 1 N–H and O–H groups in total. The van der Waals surface area contributed by atoms with Gasteiger partial charge in [0.2, 0.25) is 10.0 Å². The molecular formula is C24H28N2O7S. The van der Waals surface area contributed by atoms with Gasteiger partial charge < -0.3 is 14.8 Å². The lowest BCUT2D eigenvalue weighted by Crippen LogP contribution is -2.41. The van der Waals surface area contributed by atoms with E-state index in [-0.39, 0.29) is 36.6 Å². The van der Waals surface area contributed by atoms with E-state index in [9.17, 15) is 22.8 Å². The lowest BCUT2D eigenvalue weighted by molar-refractivity contribution is -0.158. The van der Waals surface area contributed by atoms with Gasteiger partial charge in [0.15, 0.2) is 11.9 Å². The van der Waals surface area contributed by atoms with Crippen LogP contribution in [0.3, 0.4) is 0 Å². The number of carbonyl (C=O) groups is 3. The largest absolute Gasteiger partial charge is 0.497 e. The van der Waals surface area contributed by atoms with Crippen molar-refractivity contribution in [2.75, 3.05) is 25.5 Å². The van der Waals surface area contributed by atoms with E-state index in [1.54, 1.807) is 24.3 Å². The zero-order chi connectivity index (χ0) is 24.9. The van der Waals surface area contributed by atoms with Gasteiger partial charge in [-0.1, -0.05) is 18.2 Å². The van der Waals surface area contributed by atoms with Crippen LogP contribution in [0.4, 0.5) is 5.69 Å². The standard InChI is InChI=1S/C24H28N2O7S/c1-16(27)18-7-9-22(10-8-18)34(30,31)26-13-11-19(12-14-26)24(29)33-17(2)23(28)25-20-5-4-6-21(15-20)32-3/h4-10,15,17,19H,11-14H2,1-3H3,(H,25,28). The van der Waals surface area contributed by atoms with E-state index in [0.29, 0.717) is 17.0 Å². The summed E-state index contributed by atoms with van der Waals surface area (Å²) in [6.07, 6.45) is -0.443. The Morgan fingerprint density at radius 3 is 2.29 bits per heavy atom. The van der Waals surface area contributed by atoms with Gasteiger partial charge in [0.05, 0.1) is 17.9 Å². The zero-order valence-electron chi connectivity index (χ0n) is 19.3. The molecule has 2 aromatic rings. The van der Waals surface area contributed by atoms with Gasteiger partial charge in [-0.3, -0.25) is 14.4 Å². The average Bonchev–Trinajstić information content (AvgIpc) is 2.84. The highest BCUT2D eigenvalue weighted by Crippen LogP contribution is 2.25. The number of nitrogens with zero attached hydrogens (tertiary/aromatic N) is 1. The fraction of sp³-hybridized carbons (Fsp3) is 0.375. The van der Waals surface area contributed by atoms with Gasteiger partial charge in [-0.2, -0.15) is 4.31 Å². The molecule has 1 saturated heterocycles. The van der Waals surface area contributed by atoms with Gasteiger partial charge in [0.1, 0.15) is 5.75 Å². The minimum absolute atomic E-state index is 0.0985. The number of carbonyl (C=O) groups excluding carboxylic acids is 3. The number of nitrogens with one attached hydrogen (secondary N) is 1. The third-order valence-electron chi connectivity index (χ3n) is 5.69. The van der Waals surface area contributed by atoms with Gasteiger partial charge in [-0.25, -0.2) is 8.42 Å². The summed E-state index contributed by atoms with van der Waals surface area (Å²) in [6, 6.07) is 12.6. The normalized spacial score (nSPS) is 15.9. The van der Waals surface area contributed by atoms with Crippen LogP contribution in [0.2, 0.25) is 0 Å². The van der Waals surface area contributed by atoms with Crippen molar-refractivity contribution in [3.63, 3.8) is 0 Å². The maximum atomic E-state index is 12.9. The molecule has 1 unspecified atom stereocenters. The minimum atomic E-state index is -3.73. The number of piperidine rings is 1. The molecule has 3 rings (SSSR count). The van der Waals surface area contributed by atoms with Crippen LogP contribution in [-0.4, -0.2) is 56.7 Å². The van der Waals surface area contributed by atoms with Gasteiger partial charge >= 0.3 is 5.97 Å². The molecule has 0 bridgehead atoms. The van der Waals surface area contributed by atoms with E-state index in [2.05, 4.69) is 5.32 Å². The first-order valence-corrected chi connectivity index (χ1v) is 12.3. The molecule has 1 aliphatic heterocycles. The summed E-state index contributed by atoms with van der Waals surface area (Å²) in [7, 11) is -2.22. The van der Waals surface area contributed by atoms with Crippen molar-refractivity contribution in [3.8, 4) is 5.75 Å². The first-order chi connectivity index (χ1) is 16.1. The Hall–Kier alpha value is -3.24. The number of amides is 1. The Kier molecular flexibility index (Phi) is 8.06. The van der Waals surface area contributed by atoms with Gasteiger partial charge in [0, 0.05) is 30.4 Å². The maximum Gasteiger partial charge on any atom is 0.309 e. The highest BCUT2D eigenvalue weighted by Gasteiger charge is 2.34. The summed E-state index contributed by atoms with van der Waals surface area (Å²) in [5.74, 6) is -1.07. The first-order valence-electron chi connectivity index (χ1n) is 10.9. The van der Waals surface area contributed by atoms with Crippen LogP contribution in [0.1, 0.15) is 37.0 Å². The first kappa shape index (κ1) is 25.4. The quantitative estimate of drug-likeness (QED) is 0.448. The molecule has 0 radical (unpaired) electrons. The van der Waals surface area contributed by atoms with Crippen molar-refractivity contribution in [2.24, 2.45) is 5.92 Å². The Bertz CT molecular complexity index is 1150. The number of ketones is 1. The number of esters is 1. The number of methoxy groups -OCH3 is 1. The molecule has 0 aliphatic carbocycles. The second-order valence-electron chi connectivity index (χ2n) is 8.06. The van der Waals surface area contributed by atoms with E-state index in [0.717, 1.165) is 0 Å². The lowest BCUT2D eigenvalue weighted by atomic mass is 9.98. The van der Waals surface area contributed by atoms with Gasteiger partial charge in [0.25, 0.3) is 5.91 Å². The second kappa shape index (κ2) is 10.8. The molecule has 1 atom stereocenters. The molecule has 1 heterocycles. The second-order valence-corrected chi connectivity index (χ2v) is 10.00. The molecule has 1 aliphatic rings. The zero-order valence-corrected chi connectivity index (χ0v) is 20.1. The van der Waals surface area contributed by atoms with E-state index in [4.69, 9.17) is 9.47 Å². The molecule has 10 heteroatoms. The lowest BCUT2D eigenvalue weighted by Gasteiger charge is -2.30. The number of anilines is 1. The molecule has 1 fully saturated rings. The highest BCUT2D eigenvalue weighted by molar-refractivity contribution is 7.89. The molecule has 0 saturated carbocycles. The summed E-state index contributed by atoms with van der Waals surface area (Å²) >= 11 is 0. The smallest absolute Gasteiger partial charge is 0.309 e. The Morgan fingerprint density at radius 2 is 1.71 bits per heavy atom. The summed E-state index contributed by atoms with van der Waals surface area (Å²) < 4.78 is 37.6. The van der Waals surface area contributed by atoms with Crippen molar-refractivity contribution >= 4 is 33.4 Å². The Morgan fingerprint density at radius 1 is 1.06 bits per heavy atom. The van der Waals surface area contributed by atoms with Crippen molar-refractivity contribution in [3.05, 3.63) is 54.1 Å². The monoisotopic (exact) mass is 488 g/mol. The predicted octanol–water partition coefficient (Wildman–Crippen LogP) is 2.87. The van der Waals surface area contributed by atoms with Crippen LogP contribution in [-0.2, 0) is 24.3 Å². The third-order valence-corrected chi connectivity index (χ3v) is 7.60. The fourth-order valence-corrected chi connectivity index (χ4v) is 5.08. The molecule has 182 valence electrons. The van der Waals surface area contributed by atoms with Crippen molar-refractivity contribution in [1.82, 2.24) is 4.31 Å². The molecule has 9 nitrogen and oxygen atoms in total. The number of ether oxygens (including phenoxy) is 2. The van der Waals surface area contributed by atoms with Gasteiger partial charge in [-0.05, 0) is 51.0 Å². The molecule has 34 heavy (non-hydrogen) atoms. The van der Waals surface area contributed by atoms with E-state index >= 15 is 0 Å². The van der Waals surface area contributed by atoms with E-state index in [1.165, 1.54) is 49.5 Å². The summed E-state index contributed by atoms with van der Waals surface area (Å²) in [5.41, 5.74) is 0.951. The van der Waals surface area contributed by atoms with Gasteiger partial charge in [-0.15, -0.1) is 0 Å². The van der Waals surface area contributed by atoms with Crippen molar-refractivity contribution in [1.29, 1.82) is 0 Å². The molecule has 2 aromatic carbocycles. The minimum Gasteiger partial charge on any atom is -0.497 e. The fourth-order valence-electron chi connectivity index (χ4n) is 3.61. The van der Waals surface area contributed by atoms with Crippen LogP contribution in [0, 0.1) is 5.92 Å². The Balaban J connectivity index is 1.53. The molecule has 0 spiro atoms. The average molecular weight is 489 g/mol. The molecule has 0 aromatic heterocycles. The maximum absolute atomic E-state index is 12.9. The van der Waals surface area contributed by atoms with E-state index < -0.39 is 33.9 Å². The number of Topliss-reactive ketones (excluding diaryl/α,β-unsaturated/α-hetero) is 1.